The zero-order valence-electron chi connectivity index (χ0n) is 10.8. The fraction of sp³-hybridized carbons (Fsp3) is 0.333. The molecule has 0 saturated carbocycles. The van der Waals surface area contributed by atoms with Crippen LogP contribution in [-0.2, 0) is 6.42 Å². The number of rotatable bonds is 4. The molecule has 100 valence electrons. The lowest BCUT2D eigenvalue weighted by Crippen LogP contribution is -2.22. The van der Waals surface area contributed by atoms with Gasteiger partial charge in [-0.05, 0) is 45.0 Å². The van der Waals surface area contributed by atoms with Gasteiger partial charge in [-0.3, -0.25) is 0 Å². The Morgan fingerprint density at radius 2 is 2.37 bits per heavy atom. The van der Waals surface area contributed by atoms with Crippen molar-refractivity contribution in [3.8, 4) is 5.75 Å². The van der Waals surface area contributed by atoms with Crippen molar-refractivity contribution in [1.82, 2.24) is 5.32 Å². The van der Waals surface area contributed by atoms with Crippen LogP contribution in [0.15, 0.2) is 33.4 Å². The fourth-order valence-corrected chi connectivity index (χ4v) is 3.76. The van der Waals surface area contributed by atoms with E-state index in [-0.39, 0.29) is 6.04 Å². The molecule has 2 nitrogen and oxygen atoms in total. The second-order valence-electron chi connectivity index (χ2n) is 4.61. The largest absolute Gasteiger partial charge is 0.493 e. The van der Waals surface area contributed by atoms with Crippen molar-refractivity contribution in [3.05, 3.63) is 50.1 Å². The molecule has 2 aromatic rings. The molecule has 1 atom stereocenters. The molecule has 1 aromatic heterocycles. The summed E-state index contributed by atoms with van der Waals surface area (Å²) in [6.07, 6.45) is 1.02. The Morgan fingerprint density at radius 1 is 1.47 bits per heavy atom. The Balaban J connectivity index is 2.03. The van der Waals surface area contributed by atoms with E-state index in [1.54, 1.807) is 11.3 Å². The average Bonchev–Trinajstić information content (AvgIpc) is 3.04. The van der Waals surface area contributed by atoms with Gasteiger partial charge in [-0.25, -0.2) is 0 Å². The lowest BCUT2D eigenvalue weighted by Gasteiger charge is -2.20. The number of halogens is 1. The van der Waals surface area contributed by atoms with Crippen LogP contribution in [0, 0.1) is 0 Å². The molecule has 2 heterocycles. The van der Waals surface area contributed by atoms with Crippen molar-refractivity contribution in [1.29, 1.82) is 0 Å². The lowest BCUT2D eigenvalue weighted by molar-refractivity contribution is 0.350. The molecule has 19 heavy (non-hydrogen) atoms. The average molecular weight is 338 g/mol. The van der Waals surface area contributed by atoms with E-state index in [0.29, 0.717) is 0 Å². The van der Waals surface area contributed by atoms with Crippen LogP contribution in [-0.4, -0.2) is 13.2 Å². The van der Waals surface area contributed by atoms with Gasteiger partial charge < -0.3 is 10.1 Å². The molecule has 1 aromatic carbocycles. The third-order valence-corrected chi connectivity index (χ3v) is 4.91. The van der Waals surface area contributed by atoms with Crippen molar-refractivity contribution in [2.75, 3.05) is 13.2 Å². The highest BCUT2D eigenvalue weighted by Crippen LogP contribution is 2.37. The van der Waals surface area contributed by atoms with Crippen LogP contribution < -0.4 is 10.1 Å². The highest BCUT2D eigenvalue weighted by molar-refractivity contribution is 9.11. The predicted octanol–water partition coefficient (Wildman–Crippen LogP) is 4.14. The number of hydrogen-bond acceptors (Lipinski definition) is 3. The quantitative estimate of drug-likeness (QED) is 0.904. The summed E-state index contributed by atoms with van der Waals surface area (Å²) in [6.45, 7) is 3.87. The molecule has 0 bridgehead atoms. The second kappa shape index (κ2) is 5.65. The summed E-state index contributed by atoms with van der Waals surface area (Å²) >= 11 is 5.27. The number of ether oxygens (including phenoxy) is 1. The summed E-state index contributed by atoms with van der Waals surface area (Å²) < 4.78 is 7.00. The fourth-order valence-electron chi connectivity index (χ4n) is 2.55. The van der Waals surface area contributed by atoms with Gasteiger partial charge >= 0.3 is 0 Å². The standard InChI is InChI=1S/C15H16BrNOS/c1-2-17-14(11-8-13(16)19-9-11)12-5-3-4-10-6-7-18-15(10)12/h3-5,8-9,14,17H,2,6-7H2,1H3. The molecule has 1 aliphatic rings. The van der Waals surface area contributed by atoms with Crippen LogP contribution in [0.5, 0.6) is 5.75 Å². The maximum absolute atomic E-state index is 5.84. The molecule has 1 aliphatic heterocycles. The van der Waals surface area contributed by atoms with E-state index in [1.807, 2.05) is 0 Å². The van der Waals surface area contributed by atoms with Gasteiger partial charge in [0.25, 0.3) is 0 Å². The number of thiophene rings is 1. The van der Waals surface area contributed by atoms with Crippen LogP contribution in [0.2, 0.25) is 0 Å². The highest BCUT2D eigenvalue weighted by atomic mass is 79.9. The Hall–Kier alpha value is -0.840. The summed E-state index contributed by atoms with van der Waals surface area (Å²) in [4.78, 5) is 0. The monoisotopic (exact) mass is 337 g/mol. The van der Waals surface area contributed by atoms with E-state index in [4.69, 9.17) is 4.74 Å². The zero-order valence-corrected chi connectivity index (χ0v) is 13.2. The molecule has 3 rings (SSSR count). The van der Waals surface area contributed by atoms with Crippen LogP contribution in [0.25, 0.3) is 0 Å². The molecular formula is C15H16BrNOS. The van der Waals surface area contributed by atoms with E-state index in [9.17, 15) is 0 Å². The summed E-state index contributed by atoms with van der Waals surface area (Å²) in [6, 6.07) is 8.86. The van der Waals surface area contributed by atoms with E-state index < -0.39 is 0 Å². The number of para-hydroxylation sites is 1. The zero-order chi connectivity index (χ0) is 13.2. The molecule has 1 unspecified atom stereocenters. The van der Waals surface area contributed by atoms with Gasteiger partial charge in [-0.15, -0.1) is 11.3 Å². The topological polar surface area (TPSA) is 21.3 Å². The molecule has 0 saturated heterocycles. The molecule has 1 N–H and O–H groups in total. The van der Waals surface area contributed by atoms with Crippen LogP contribution in [0.1, 0.15) is 29.7 Å². The molecule has 0 spiro atoms. The van der Waals surface area contributed by atoms with Gasteiger partial charge in [0.05, 0.1) is 16.4 Å². The van der Waals surface area contributed by atoms with Gasteiger partial charge in [-0.2, -0.15) is 0 Å². The lowest BCUT2D eigenvalue weighted by atomic mass is 9.97. The Kier molecular flexibility index (Phi) is 3.91. The van der Waals surface area contributed by atoms with Crippen molar-refractivity contribution >= 4 is 27.3 Å². The van der Waals surface area contributed by atoms with Gasteiger partial charge in [0.2, 0.25) is 0 Å². The molecule has 0 aliphatic carbocycles. The maximum Gasteiger partial charge on any atom is 0.127 e. The number of benzene rings is 1. The minimum Gasteiger partial charge on any atom is -0.493 e. The van der Waals surface area contributed by atoms with Crippen LogP contribution >= 0.6 is 27.3 Å². The first-order valence-electron chi connectivity index (χ1n) is 6.51. The summed E-state index contributed by atoms with van der Waals surface area (Å²) in [5.41, 5.74) is 3.87. The van der Waals surface area contributed by atoms with Crippen molar-refractivity contribution in [2.24, 2.45) is 0 Å². The third-order valence-electron chi connectivity index (χ3n) is 3.39. The third kappa shape index (κ3) is 2.57. The first kappa shape index (κ1) is 13.2. The minimum atomic E-state index is 0.209. The van der Waals surface area contributed by atoms with E-state index in [1.165, 1.54) is 20.5 Å². The van der Waals surface area contributed by atoms with Gasteiger partial charge in [0, 0.05) is 12.0 Å². The molecule has 0 radical (unpaired) electrons. The summed E-state index contributed by atoms with van der Waals surface area (Å²) in [5, 5.41) is 5.76. The van der Waals surface area contributed by atoms with Crippen molar-refractivity contribution in [2.45, 2.75) is 19.4 Å². The van der Waals surface area contributed by atoms with Gasteiger partial charge in [-0.1, -0.05) is 25.1 Å². The van der Waals surface area contributed by atoms with Gasteiger partial charge in [0.15, 0.2) is 0 Å². The second-order valence-corrected chi connectivity index (χ2v) is 6.90. The Bertz CT molecular complexity index is 581. The Labute approximate surface area is 125 Å². The summed E-state index contributed by atoms with van der Waals surface area (Å²) in [5.74, 6) is 1.08. The first-order chi connectivity index (χ1) is 9.29. The highest BCUT2D eigenvalue weighted by Gasteiger charge is 2.23. The number of nitrogens with one attached hydrogen (secondary N) is 1. The Morgan fingerprint density at radius 3 is 3.11 bits per heavy atom. The van der Waals surface area contributed by atoms with Crippen LogP contribution in [0.3, 0.4) is 0 Å². The van der Waals surface area contributed by atoms with E-state index >= 15 is 0 Å². The smallest absolute Gasteiger partial charge is 0.127 e. The number of hydrogen-bond donors (Lipinski definition) is 1. The van der Waals surface area contributed by atoms with Crippen molar-refractivity contribution < 1.29 is 4.74 Å². The predicted molar refractivity (Wildman–Crippen MR) is 83.2 cm³/mol. The molecular weight excluding hydrogens is 322 g/mol. The first-order valence-corrected chi connectivity index (χ1v) is 8.18. The maximum atomic E-state index is 5.84. The SMILES string of the molecule is CCNC(c1csc(Br)c1)c1cccc2c1OCC2. The van der Waals surface area contributed by atoms with Gasteiger partial charge in [0.1, 0.15) is 5.75 Å². The number of fused-ring (bicyclic) bond motifs is 1. The van der Waals surface area contributed by atoms with Crippen molar-refractivity contribution in [3.63, 3.8) is 0 Å². The van der Waals surface area contributed by atoms with E-state index in [2.05, 4.69) is 57.8 Å². The minimum absolute atomic E-state index is 0.209. The van der Waals surface area contributed by atoms with E-state index in [0.717, 1.165) is 25.3 Å². The van der Waals surface area contributed by atoms with Crippen LogP contribution in [0.4, 0.5) is 0 Å². The molecule has 4 heteroatoms. The molecule has 0 fully saturated rings. The molecule has 0 amide bonds. The summed E-state index contributed by atoms with van der Waals surface area (Å²) in [7, 11) is 0. The normalized spacial score (nSPS) is 15.1.